The van der Waals surface area contributed by atoms with Crippen LogP contribution in [0.2, 0.25) is 0 Å². The van der Waals surface area contributed by atoms with E-state index in [0.717, 1.165) is 30.4 Å². The highest BCUT2D eigenvalue weighted by Crippen LogP contribution is 2.24. The normalized spacial score (nSPS) is 19.4. The van der Waals surface area contributed by atoms with E-state index in [1.165, 1.54) is 0 Å². The molecular weight excluding hydrogens is 216 g/mol. The number of nitrogens with two attached hydrogens (primary N) is 1. The van der Waals surface area contributed by atoms with Gasteiger partial charge in [-0.2, -0.15) is 0 Å². The lowest BCUT2D eigenvalue weighted by Crippen LogP contribution is -2.53. The number of nitrogens with zero attached hydrogens (tertiary/aromatic N) is 3. The molecule has 5 nitrogen and oxygen atoms in total. The lowest BCUT2D eigenvalue weighted by molar-refractivity contribution is 0.0633. The highest BCUT2D eigenvalue weighted by Gasteiger charge is 2.32. The quantitative estimate of drug-likeness (QED) is 0.825. The van der Waals surface area contributed by atoms with Crippen molar-refractivity contribution in [2.45, 2.75) is 32.9 Å². The van der Waals surface area contributed by atoms with Crippen molar-refractivity contribution >= 4 is 5.95 Å². The third-order valence-electron chi connectivity index (χ3n) is 3.17. The summed E-state index contributed by atoms with van der Waals surface area (Å²) in [7, 11) is 0. The van der Waals surface area contributed by atoms with Crippen LogP contribution in [0.3, 0.4) is 0 Å². The molecule has 0 atom stereocenters. The van der Waals surface area contributed by atoms with E-state index in [-0.39, 0.29) is 5.54 Å². The van der Waals surface area contributed by atoms with Crippen molar-refractivity contribution in [1.82, 2.24) is 9.97 Å². The predicted molar refractivity (Wildman–Crippen MR) is 66.9 cm³/mol. The van der Waals surface area contributed by atoms with Crippen molar-refractivity contribution in [2.75, 3.05) is 24.7 Å². The topological polar surface area (TPSA) is 64.3 Å². The Morgan fingerprint density at radius 3 is 2.88 bits per heavy atom. The Bertz CT molecular complexity index is 405. The third-order valence-corrected chi connectivity index (χ3v) is 3.17. The molecule has 1 aromatic heterocycles. The van der Waals surface area contributed by atoms with Crippen LogP contribution in [0.4, 0.5) is 5.95 Å². The Labute approximate surface area is 102 Å². The van der Waals surface area contributed by atoms with Gasteiger partial charge in [-0.25, -0.2) is 9.97 Å². The number of hydrogen-bond acceptors (Lipinski definition) is 5. The molecule has 1 fully saturated rings. The average molecular weight is 236 g/mol. The first-order chi connectivity index (χ1) is 8.04. The molecule has 2 heterocycles. The van der Waals surface area contributed by atoms with E-state index in [0.29, 0.717) is 13.2 Å². The summed E-state index contributed by atoms with van der Waals surface area (Å²) >= 11 is 0. The lowest BCUT2D eigenvalue weighted by Gasteiger charge is -2.42. The van der Waals surface area contributed by atoms with Gasteiger partial charge in [0.1, 0.15) is 0 Å². The molecule has 1 aromatic rings. The fraction of sp³-hybridized carbons (Fsp3) is 0.667. The van der Waals surface area contributed by atoms with Crippen molar-refractivity contribution < 1.29 is 4.74 Å². The van der Waals surface area contributed by atoms with Crippen LogP contribution in [-0.4, -0.2) is 35.3 Å². The van der Waals surface area contributed by atoms with Gasteiger partial charge in [-0.15, -0.1) is 0 Å². The third kappa shape index (κ3) is 2.40. The number of aryl methyl sites for hydroxylation is 1. The van der Waals surface area contributed by atoms with Crippen molar-refractivity contribution in [1.29, 1.82) is 0 Å². The summed E-state index contributed by atoms with van der Waals surface area (Å²) in [5, 5.41) is 0. The van der Waals surface area contributed by atoms with E-state index >= 15 is 0 Å². The minimum absolute atomic E-state index is 0.0606. The van der Waals surface area contributed by atoms with Crippen molar-refractivity contribution in [2.24, 2.45) is 5.73 Å². The molecule has 0 aromatic carbocycles. The largest absolute Gasteiger partial charge is 0.377 e. The maximum absolute atomic E-state index is 5.62. The Balaban J connectivity index is 2.30. The minimum Gasteiger partial charge on any atom is -0.377 e. The number of rotatable bonds is 2. The van der Waals surface area contributed by atoms with E-state index in [4.69, 9.17) is 10.5 Å². The zero-order valence-electron chi connectivity index (χ0n) is 10.7. The molecule has 94 valence electrons. The monoisotopic (exact) mass is 236 g/mol. The Morgan fingerprint density at radius 1 is 1.53 bits per heavy atom. The second kappa shape index (κ2) is 4.58. The van der Waals surface area contributed by atoms with Gasteiger partial charge < -0.3 is 15.4 Å². The van der Waals surface area contributed by atoms with Crippen LogP contribution in [0.1, 0.15) is 25.1 Å². The summed E-state index contributed by atoms with van der Waals surface area (Å²) in [5.74, 6) is 0.771. The van der Waals surface area contributed by atoms with Crippen molar-refractivity contribution in [3.05, 3.63) is 17.5 Å². The summed E-state index contributed by atoms with van der Waals surface area (Å²) in [6, 6.07) is 0. The van der Waals surface area contributed by atoms with Gasteiger partial charge in [0.25, 0.3) is 0 Å². The Hall–Kier alpha value is -1.20. The number of ether oxygens (including phenoxy) is 1. The highest BCUT2D eigenvalue weighted by atomic mass is 16.5. The smallest absolute Gasteiger partial charge is 0.226 e. The average Bonchev–Trinajstić information content (AvgIpc) is 2.28. The number of morpholine rings is 1. The van der Waals surface area contributed by atoms with Crippen LogP contribution < -0.4 is 10.6 Å². The fourth-order valence-electron chi connectivity index (χ4n) is 2.04. The number of anilines is 1. The number of aromatic nitrogens is 2. The van der Waals surface area contributed by atoms with Gasteiger partial charge in [0.2, 0.25) is 5.95 Å². The van der Waals surface area contributed by atoms with Gasteiger partial charge >= 0.3 is 0 Å². The van der Waals surface area contributed by atoms with Crippen LogP contribution in [0, 0.1) is 6.92 Å². The molecule has 5 heteroatoms. The summed E-state index contributed by atoms with van der Waals surface area (Å²) < 4.78 is 5.49. The van der Waals surface area contributed by atoms with Crippen LogP contribution in [0.25, 0.3) is 0 Å². The van der Waals surface area contributed by atoms with Gasteiger partial charge in [-0.1, -0.05) is 0 Å². The highest BCUT2D eigenvalue weighted by molar-refractivity contribution is 5.37. The second-order valence-corrected chi connectivity index (χ2v) is 5.00. The first-order valence-electron chi connectivity index (χ1n) is 5.92. The van der Waals surface area contributed by atoms with Crippen LogP contribution in [-0.2, 0) is 11.3 Å². The van der Waals surface area contributed by atoms with Gasteiger partial charge in [0, 0.05) is 30.5 Å². The van der Waals surface area contributed by atoms with E-state index in [2.05, 4.69) is 28.7 Å². The molecule has 0 saturated carbocycles. The molecule has 17 heavy (non-hydrogen) atoms. The fourth-order valence-corrected chi connectivity index (χ4v) is 2.04. The molecular formula is C12H20N4O. The molecule has 0 unspecified atom stereocenters. The van der Waals surface area contributed by atoms with Crippen LogP contribution in [0.15, 0.2) is 6.20 Å². The Kier molecular flexibility index (Phi) is 3.31. The zero-order chi connectivity index (χ0) is 12.5. The van der Waals surface area contributed by atoms with Gasteiger partial charge in [-0.3, -0.25) is 0 Å². The molecule has 2 rings (SSSR count). The molecule has 2 N–H and O–H groups in total. The first kappa shape index (κ1) is 12.3. The van der Waals surface area contributed by atoms with E-state index < -0.39 is 0 Å². The summed E-state index contributed by atoms with van der Waals surface area (Å²) in [4.78, 5) is 11.1. The molecule has 1 saturated heterocycles. The second-order valence-electron chi connectivity index (χ2n) is 5.00. The zero-order valence-corrected chi connectivity index (χ0v) is 10.7. The Morgan fingerprint density at radius 2 is 2.29 bits per heavy atom. The van der Waals surface area contributed by atoms with Gasteiger partial charge in [-0.05, 0) is 20.8 Å². The molecule has 0 amide bonds. The van der Waals surface area contributed by atoms with E-state index in [1.54, 1.807) is 0 Å². The minimum atomic E-state index is -0.0606. The molecule has 0 radical (unpaired) electrons. The molecule has 1 aliphatic heterocycles. The van der Waals surface area contributed by atoms with Gasteiger partial charge in [0.05, 0.1) is 18.8 Å². The summed E-state index contributed by atoms with van der Waals surface area (Å²) in [6.07, 6.45) is 1.82. The maximum Gasteiger partial charge on any atom is 0.226 e. The van der Waals surface area contributed by atoms with Crippen molar-refractivity contribution in [3.63, 3.8) is 0 Å². The summed E-state index contributed by atoms with van der Waals surface area (Å²) in [6.45, 7) is 9.00. The standard InChI is InChI=1S/C12H20N4O/c1-9-10(6-13)7-14-11(15-9)16-4-5-17-8-12(16,2)3/h7H,4-6,8,13H2,1-3H3. The molecule has 0 bridgehead atoms. The van der Waals surface area contributed by atoms with Crippen molar-refractivity contribution in [3.8, 4) is 0 Å². The lowest BCUT2D eigenvalue weighted by atomic mass is 10.0. The van der Waals surface area contributed by atoms with Crippen LogP contribution >= 0.6 is 0 Å². The molecule has 1 aliphatic rings. The molecule has 0 aliphatic carbocycles. The van der Waals surface area contributed by atoms with E-state index in [1.807, 2.05) is 13.1 Å². The summed E-state index contributed by atoms with van der Waals surface area (Å²) in [5.41, 5.74) is 7.52. The van der Waals surface area contributed by atoms with Gasteiger partial charge in [0.15, 0.2) is 0 Å². The van der Waals surface area contributed by atoms with Crippen LogP contribution in [0.5, 0.6) is 0 Å². The van der Waals surface area contributed by atoms with E-state index in [9.17, 15) is 0 Å². The molecule has 0 spiro atoms. The first-order valence-corrected chi connectivity index (χ1v) is 5.92. The predicted octanol–water partition coefficient (Wildman–Crippen LogP) is 0.859. The maximum atomic E-state index is 5.62. The number of hydrogen-bond donors (Lipinski definition) is 1. The SMILES string of the molecule is Cc1nc(N2CCOCC2(C)C)ncc1CN.